The van der Waals surface area contributed by atoms with E-state index >= 15 is 0 Å². The molecule has 2 heterocycles. The van der Waals surface area contributed by atoms with Crippen molar-refractivity contribution in [1.82, 2.24) is 19.7 Å². The van der Waals surface area contributed by atoms with Crippen LogP contribution >= 0.6 is 0 Å². The summed E-state index contributed by atoms with van der Waals surface area (Å²) in [5.41, 5.74) is 5.80. The van der Waals surface area contributed by atoms with E-state index < -0.39 is 0 Å². The SMILES string of the molecule is Cc1ccc(C2CCc3c(cnn(-c4ncccn4)c3=O)C2)c(C)c1. The van der Waals surface area contributed by atoms with Crippen LogP contribution in [0.25, 0.3) is 5.95 Å². The molecule has 0 fully saturated rings. The number of aromatic nitrogens is 4. The second-order valence-electron chi connectivity index (χ2n) is 6.71. The third kappa shape index (κ3) is 2.86. The first kappa shape index (κ1) is 15.7. The maximum atomic E-state index is 12.8. The van der Waals surface area contributed by atoms with E-state index in [-0.39, 0.29) is 5.56 Å². The van der Waals surface area contributed by atoms with Crippen LogP contribution in [0.15, 0.2) is 47.7 Å². The number of hydrogen-bond donors (Lipinski definition) is 0. The summed E-state index contributed by atoms with van der Waals surface area (Å²) in [4.78, 5) is 21.1. The van der Waals surface area contributed by atoms with Gasteiger partial charge in [-0.05, 0) is 61.8 Å². The zero-order chi connectivity index (χ0) is 17.4. The molecule has 0 amide bonds. The monoisotopic (exact) mass is 332 g/mol. The Morgan fingerprint density at radius 3 is 2.72 bits per heavy atom. The molecule has 3 aromatic rings. The number of hydrogen-bond acceptors (Lipinski definition) is 4. The number of aryl methyl sites for hydroxylation is 2. The highest BCUT2D eigenvalue weighted by molar-refractivity contribution is 5.37. The predicted molar refractivity (Wildman–Crippen MR) is 96.1 cm³/mol. The highest BCUT2D eigenvalue weighted by atomic mass is 16.1. The highest BCUT2D eigenvalue weighted by Gasteiger charge is 2.25. The molecule has 5 heteroatoms. The zero-order valence-electron chi connectivity index (χ0n) is 14.4. The molecular weight excluding hydrogens is 312 g/mol. The molecule has 4 rings (SSSR count). The fourth-order valence-electron chi connectivity index (χ4n) is 3.74. The van der Waals surface area contributed by atoms with E-state index in [4.69, 9.17) is 0 Å². The van der Waals surface area contributed by atoms with Gasteiger partial charge in [0.15, 0.2) is 0 Å². The minimum absolute atomic E-state index is 0.0946. The molecule has 0 saturated heterocycles. The molecule has 5 nitrogen and oxygen atoms in total. The Balaban J connectivity index is 1.69. The van der Waals surface area contributed by atoms with Crippen molar-refractivity contribution in [2.45, 2.75) is 39.0 Å². The normalized spacial score (nSPS) is 16.5. The molecule has 0 aliphatic heterocycles. The zero-order valence-corrected chi connectivity index (χ0v) is 14.4. The van der Waals surface area contributed by atoms with Gasteiger partial charge >= 0.3 is 0 Å². The van der Waals surface area contributed by atoms with Gasteiger partial charge < -0.3 is 0 Å². The fraction of sp³-hybridized carbons (Fsp3) is 0.300. The van der Waals surface area contributed by atoms with Crippen LogP contribution in [0.4, 0.5) is 0 Å². The summed E-state index contributed by atoms with van der Waals surface area (Å²) in [5, 5.41) is 4.31. The van der Waals surface area contributed by atoms with Crippen LogP contribution in [-0.4, -0.2) is 19.7 Å². The van der Waals surface area contributed by atoms with Crippen molar-refractivity contribution in [3.63, 3.8) is 0 Å². The average Bonchev–Trinajstić information content (AvgIpc) is 2.62. The second kappa shape index (κ2) is 6.24. The molecule has 1 aliphatic carbocycles. The molecule has 2 aromatic heterocycles. The average molecular weight is 332 g/mol. The van der Waals surface area contributed by atoms with E-state index in [2.05, 4.69) is 47.1 Å². The highest BCUT2D eigenvalue weighted by Crippen LogP contribution is 2.33. The molecule has 0 radical (unpaired) electrons. The van der Waals surface area contributed by atoms with Gasteiger partial charge in [-0.3, -0.25) is 4.79 Å². The van der Waals surface area contributed by atoms with Gasteiger partial charge in [-0.25, -0.2) is 9.97 Å². The third-order valence-electron chi connectivity index (χ3n) is 4.98. The van der Waals surface area contributed by atoms with Gasteiger partial charge in [-0.1, -0.05) is 23.8 Å². The van der Waals surface area contributed by atoms with Crippen molar-refractivity contribution in [2.24, 2.45) is 0 Å². The first-order chi connectivity index (χ1) is 12.1. The Labute approximate surface area is 146 Å². The van der Waals surface area contributed by atoms with Crippen LogP contribution in [0.1, 0.15) is 40.2 Å². The van der Waals surface area contributed by atoms with Crippen molar-refractivity contribution >= 4 is 0 Å². The summed E-state index contributed by atoms with van der Waals surface area (Å²) in [6, 6.07) is 8.35. The Kier molecular flexibility index (Phi) is 3.92. The Morgan fingerprint density at radius 1 is 1.16 bits per heavy atom. The number of benzene rings is 1. The van der Waals surface area contributed by atoms with Gasteiger partial charge in [-0.15, -0.1) is 0 Å². The van der Waals surface area contributed by atoms with Crippen LogP contribution < -0.4 is 5.56 Å². The summed E-state index contributed by atoms with van der Waals surface area (Å²) in [6.07, 6.45) is 7.65. The lowest BCUT2D eigenvalue weighted by Crippen LogP contribution is -2.30. The van der Waals surface area contributed by atoms with Crippen molar-refractivity contribution in [1.29, 1.82) is 0 Å². The van der Waals surface area contributed by atoms with E-state index in [1.54, 1.807) is 18.5 Å². The van der Waals surface area contributed by atoms with Gasteiger partial charge in [0.05, 0.1) is 6.20 Å². The van der Waals surface area contributed by atoms with Gasteiger partial charge in [0.25, 0.3) is 11.5 Å². The molecule has 0 saturated carbocycles. The topological polar surface area (TPSA) is 60.7 Å². The Bertz CT molecular complexity index is 979. The predicted octanol–water partition coefficient (Wildman–Crippen LogP) is 2.91. The molecule has 1 aromatic carbocycles. The summed E-state index contributed by atoms with van der Waals surface area (Å²) in [5.74, 6) is 0.768. The second-order valence-corrected chi connectivity index (χ2v) is 6.71. The summed E-state index contributed by atoms with van der Waals surface area (Å²) in [6.45, 7) is 4.28. The quantitative estimate of drug-likeness (QED) is 0.724. The molecule has 1 unspecified atom stereocenters. The minimum Gasteiger partial charge on any atom is -0.267 e. The molecular formula is C20H20N4O. The van der Waals surface area contributed by atoms with Crippen LogP contribution in [0.5, 0.6) is 0 Å². The smallest absolute Gasteiger partial charge is 0.267 e. The third-order valence-corrected chi connectivity index (χ3v) is 4.98. The largest absolute Gasteiger partial charge is 0.277 e. The molecule has 0 N–H and O–H groups in total. The van der Waals surface area contributed by atoms with Crippen LogP contribution in [0.2, 0.25) is 0 Å². The van der Waals surface area contributed by atoms with Gasteiger partial charge in [-0.2, -0.15) is 9.78 Å². The molecule has 1 aliphatic rings. The number of rotatable bonds is 2. The molecule has 1 atom stereocenters. The Hall–Kier alpha value is -2.82. The molecule has 0 spiro atoms. The standard InChI is InChI=1S/C20H20N4O/c1-13-4-6-17(14(2)10-13)15-5-7-18-16(11-15)12-23-24(19(18)25)20-21-8-3-9-22-20/h3-4,6,8-10,12,15H,5,7,11H2,1-2H3. The lowest BCUT2D eigenvalue weighted by Gasteiger charge is -2.26. The first-order valence-electron chi connectivity index (χ1n) is 8.58. The minimum atomic E-state index is -0.0946. The van der Waals surface area contributed by atoms with Crippen LogP contribution in [-0.2, 0) is 12.8 Å². The molecule has 126 valence electrons. The fourth-order valence-corrected chi connectivity index (χ4v) is 3.74. The maximum absolute atomic E-state index is 12.8. The number of nitrogens with zero attached hydrogens (tertiary/aromatic N) is 4. The van der Waals surface area contributed by atoms with Crippen LogP contribution in [0, 0.1) is 13.8 Å². The summed E-state index contributed by atoms with van der Waals surface area (Å²) >= 11 is 0. The van der Waals surface area contributed by atoms with Gasteiger partial charge in [0.2, 0.25) is 0 Å². The maximum Gasteiger partial charge on any atom is 0.277 e. The summed E-state index contributed by atoms with van der Waals surface area (Å²) in [7, 11) is 0. The van der Waals surface area contributed by atoms with Gasteiger partial charge in [0.1, 0.15) is 0 Å². The van der Waals surface area contributed by atoms with Gasteiger partial charge in [0, 0.05) is 18.0 Å². The first-order valence-corrected chi connectivity index (χ1v) is 8.58. The summed E-state index contributed by atoms with van der Waals surface area (Å²) < 4.78 is 1.30. The molecule has 25 heavy (non-hydrogen) atoms. The van der Waals surface area contributed by atoms with Crippen molar-refractivity contribution in [2.75, 3.05) is 0 Å². The van der Waals surface area contributed by atoms with Crippen molar-refractivity contribution < 1.29 is 0 Å². The lowest BCUT2D eigenvalue weighted by atomic mass is 9.79. The molecule has 0 bridgehead atoms. The van der Waals surface area contributed by atoms with Crippen LogP contribution in [0.3, 0.4) is 0 Å². The lowest BCUT2D eigenvalue weighted by molar-refractivity contribution is 0.563. The van der Waals surface area contributed by atoms with Crippen molar-refractivity contribution in [3.05, 3.63) is 81.0 Å². The van der Waals surface area contributed by atoms with E-state index in [0.29, 0.717) is 11.9 Å². The number of fused-ring (bicyclic) bond motifs is 1. The van der Waals surface area contributed by atoms with Crippen molar-refractivity contribution in [3.8, 4) is 5.95 Å². The van der Waals surface area contributed by atoms with E-state index in [9.17, 15) is 4.79 Å². The van der Waals surface area contributed by atoms with E-state index in [1.165, 1.54) is 21.4 Å². The Morgan fingerprint density at radius 2 is 1.96 bits per heavy atom. The van der Waals surface area contributed by atoms with E-state index in [1.807, 2.05) is 6.20 Å². The van der Waals surface area contributed by atoms with E-state index in [0.717, 1.165) is 30.4 Å².